The van der Waals surface area contributed by atoms with Crippen LogP contribution in [-0.2, 0) is 23.9 Å². The van der Waals surface area contributed by atoms with Crippen LogP contribution in [0.2, 0.25) is 0 Å². The molecule has 1 aliphatic heterocycles. The molecule has 2 unspecified atom stereocenters. The van der Waals surface area contributed by atoms with Crippen molar-refractivity contribution >= 4 is 23.5 Å². The van der Waals surface area contributed by atoms with Crippen molar-refractivity contribution in [2.45, 2.75) is 66.8 Å². The molecule has 7 heteroatoms. The number of ketones is 1. The Labute approximate surface area is 162 Å². The van der Waals surface area contributed by atoms with E-state index in [0.29, 0.717) is 19.6 Å². The largest absolute Gasteiger partial charge is 0.379 e. The average Bonchev–Trinajstić information content (AvgIpc) is 2.83. The highest BCUT2D eigenvalue weighted by Gasteiger charge is 2.44. The Hall–Kier alpha value is -1.76. The van der Waals surface area contributed by atoms with Gasteiger partial charge in [-0.2, -0.15) is 0 Å². The van der Waals surface area contributed by atoms with Crippen molar-refractivity contribution in [3.05, 3.63) is 0 Å². The van der Waals surface area contributed by atoms with Gasteiger partial charge in [-0.05, 0) is 12.3 Å². The van der Waals surface area contributed by atoms with Crippen molar-refractivity contribution in [1.29, 1.82) is 0 Å². The van der Waals surface area contributed by atoms with E-state index in [1.54, 1.807) is 0 Å². The van der Waals surface area contributed by atoms with Crippen LogP contribution in [0.3, 0.4) is 0 Å². The first kappa shape index (κ1) is 23.3. The summed E-state index contributed by atoms with van der Waals surface area (Å²) in [5.41, 5.74) is -0.271. The normalized spacial score (nSPS) is 18.9. The van der Waals surface area contributed by atoms with Crippen molar-refractivity contribution in [3.63, 3.8) is 0 Å². The van der Waals surface area contributed by atoms with Crippen molar-refractivity contribution in [2.24, 2.45) is 17.3 Å². The SMILES string of the molecule is CC(COCCC(=O)C(C)C)NC(=O)CCN1C(=O)CC(C(C)(C)C)C1=O. The molecule has 0 aromatic rings. The molecule has 0 aromatic heterocycles. The fraction of sp³-hybridized carbons (Fsp3) is 0.800. The molecule has 154 valence electrons. The molecule has 3 amide bonds. The third-order valence-corrected chi connectivity index (χ3v) is 4.76. The number of nitrogens with one attached hydrogen (secondary N) is 1. The van der Waals surface area contributed by atoms with E-state index < -0.39 is 0 Å². The highest BCUT2D eigenvalue weighted by molar-refractivity contribution is 6.04. The molecule has 1 heterocycles. The summed E-state index contributed by atoms with van der Waals surface area (Å²) in [5.74, 6) is -0.802. The molecule has 0 aliphatic carbocycles. The van der Waals surface area contributed by atoms with Crippen LogP contribution < -0.4 is 5.32 Å². The van der Waals surface area contributed by atoms with E-state index in [-0.39, 0.29) is 66.2 Å². The number of ether oxygens (including phenoxy) is 1. The molecule has 1 N–H and O–H groups in total. The summed E-state index contributed by atoms with van der Waals surface area (Å²) in [5, 5.41) is 2.79. The van der Waals surface area contributed by atoms with Gasteiger partial charge in [-0.25, -0.2) is 0 Å². The zero-order valence-corrected chi connectivity index (χ0v) is 17.5. The molecule has 0 aromatic carbocycles. The van der Waals surface area contributed by atoms with E-state index in [2.05, 4.69) is 5.32 Å². The number of imide groups is 1. The number of hydrogen-bond acceptors (Lipinski definition) is 5. The van der Waals surface area contributed by atoms with Gasteiger partial charge in [0, 0.05) is 37.8 Å². The summed E-state index contributed by atoms with van der Waals surface area (Å²) in [4.78, 5) is 49.2. The number of rotatable bonds is 10. The first-order valence-corrected chi connectivity index (χ1v) is 9.67. The van der Waals surface area contributed by atoms with Gasteiger partial charge in [-0.3, -0.25) is 24.1 Å². The zero-order chi connectivity index (χ0) is 20.8. The van der Waals surface area contributed by atoms with E-state index in [1.807, 2.05) is 41.5 Å². The topological polar surface area (TPSA) is 92.8 Å². The summed E-state index contributed by atoms with van der Waals surface area (Å²) in [7, 11) is 0. The van der Waals surface area contributed by atoms with Crippen molar-refractivity contribution in [3.8, 4) is 0 Å². The van der Waals surface area contributed by atoms with Gasteiger partial charge < -0.3 is 10.1 Å². The quantitative estimate of drug-likeness (QED) is 0.460. The third kappa shape index (κ3) is 7.40. The molecule has 1 saturated heterocycles. The van der Waals surface area contributed by atoms with E-state index in [4.69, 9.17) is 4.74 Å². The maximum Gasteiger partial charge on any atom is 0.233 e. The number of nitrogens with zero attached hydrogens (tertiary/aromatic N) is 1. The lowest BCUT2D eigenvalue weighted by Crippen LogP contribution is -2.40. The second-order valence-electron chi connectivity index (χ2n) is 8.67. The smallest absolute Gasteiger partial charge is 0.233 e. The number of Topliss-reactive ketones (excluding diaryl/α,β-unsaturated/α-hetero) is 1. The van der Waals surface area contributed by atoms with Crippen molar-refractivity contribution in [2.75, 3.05) is 19.8 Å². The molecular weight excluding hydrogens is 348 g/mol. The second-order valence-corrected chi connectivity index (χ2v) is 8.67. The minimum absolute atomic E-state index is 0.000356. The second kappa shape index (κ2) is 9.97. The Balaban J connectivity index is 2.31. The highest BCUT2D eigenvalue weighted by Crippen LogP contribution is 2.35. The Bertz CT molecular complexity index is 565. The van der Waals surface area contributed by atoms with Gasteiger partial charge in [0.05, 0.1) is 19.1 Å². The van der Waals surface area contributed by atoms with E-state index >= 15 is 0 Å². The van der Waals surface area contributed by atoms with Crippen molar-refractivity contribution < 1.29 is 23.9 Å². The lowest BCUT2D eigenvalue weighted by Gasteiger charge is -2.24. The maximum atomic E-state index is 12.4. The van der Waals surface area contributed by atoms with Crippen LogP contribution >= 0.6 is 0 Å². The zero-order valence-electron chi connectivity index (χ0n) is 17.5. The summed E-state index contributed by atoms with van der Waals surface area (Å²) < 4.78 is 5.43. The monoisotopic (exact) mass is 382 g/mol. The van der Waals surface area contributed by atoms with Crippen LogP contribution in [0.25, 0.3) is 0 Å². The molecule has 1 rings (SSSR count). The molecule has 7 nitrogen and oxygen atoms in total. The molecule has 0 bridgehead atoms. The summed E-state index contributed by atoms with van der Waals surface area (Å²) in [6.45, 7) is 12.1. The molecule has 0 radical (unpaired) electrons. The number of carbonyl (C=O) groups excluding carboxylic acids is 4. The van der Waals surface area contributed by atoms with Crippen LogP contribution in [0.15, 0.2) is 0 Å². The fourth-order valence-corrected chi connectivity index (χ4v) is 2.92. The number of hydrogen-bond donors (Lipinski definition) is 1. The fourth-order valence-electron chi connectivity index (χ4n) is 2.92. The Kier molecular flexibility index (Phi) is 8.59. The predicted octanol–water partition coefficient (Wildman–Crippen LogP) is 1.93. The van der Waals surface area contributed by atoms with Gasteiger partial charge in [0.25, 0.3) is 0 Å². The Morgan fingerprint density at radius 3 is 2.33 bits per heavy atom. The van der Waals surface area contributed by atoms with Gasteiger partial charge >= 0.3 is 0 Å². The number of amides is 3. The molecule has 1 fully saturated rings. The molecule has 27 heavy (non-hydrogen) atoms. The lowest BCUT2D eigenvalue weighted by molar-refractivity contribution is -0.140. The summed E-state index contributed by atoms with van der Waals surface area (Å²) >= 11 is 0. The van der Waals surface area contributed by atoms with E-state index in [9.17, 15) is 19.2 Å². The summed E-state index contributed by atoms with van der Waals surface area (Å²) in [6.07, 6.45) is 0.653. The molecule has 0 saturated carbocycles. The molecular formula is C20H34N2O5. The third-order valence-electron chi connectivity index (χ3n) is 4.76. The highest BCUT2D eigenvalue weighted by atomic mass is 16.5. The van der Waals surface area contributed by atoms with Gasteiger partial charge in [-0.1, -0.05) is 34.6 Å². The van der Waals surface area contributed by atoms with E-state index in [1.165, 1.54) is 4.90 Å². The molecule has 2 atom stereocenters. The van der Waals surface area contributed by atoms with Crippen molar-refractivity contribution in [1.82, 2.24) is 10.2 Å². The van der Waals surface area contributed by atoms with Gasteiger partial charge in [0.1, 0.15) is 5.78 Å². The summed E-state index contributed by atoms with van der Waals surface area (Å²) in [6, 6.07) is -0.209. The molecule has 0 spiro atoms. The number of carbonyl (C=O) groups is 4. The standard InChI is InChI=1S/C20H34N2O5/c1-13(2)16(23)8-10-27-12-14(3)21-17(24)7-9-22-18(25)11-15(19(22)26)20(4,5)6/h13-15H,7-12H2,1-6H3,(H,21,24). The van der Waals surface area contributed by atoms with Crippen LogP contribution in [-0.4, -0.2) is 54.2 Å². The van der Waals surface area contributed by atoms with Gasteiger partial charge in [0.2, 0.25) is 17.7 Å². The van der Waals surface area contributed by atoms with Crippen LogP contribution in [0, 0.1) is 17.3 Å². The lowest BCUT2D eigenvalue weighted by atomic mass is 9.80. The van der Waals surface area contributed by atoms with Gasteiger partial charge in [-0.15, -0.1) is 0 Å². The minimum Gasteiger partial charge on any atom is -0.379 e. The van der Waals surface area contributed by atoms with Gasteiger partial charge in [0.15, 0.2) is 0 Å². The van der Waals surface area contributed by atoms with Crippen LogP contribution in [0.1, 0.15) is 60.8 Å². The van der Waals surface area contributed by atoms with E-state index in [0.717, 1.165) is 0 Å². The molecule has 1 aliphatic rings. The van der Waals surface area contributed by atoms with Crippen LogP contribution in [0.5, 0.6) is 0 Å². The first-order chi connectivity index (χ1) is 12.4. The minimum atomic E-state index is -0.325. The van der Waals surface area contributed by atoms with Crippen LogP contribution in [0.4, 0.5) is 0 Å². The average molecular weight is 383 g/mol. The first-order valence-electron chi connectivity index (χ1n) is 9.67. The Morgan fingerprint density at radius 2 is 1.81 bits per heavy atom. The number of likely N-dealkylation sites (tertiary alicyclic amines) is 1. The Morgan fingerprint density at radius 1 is 1.19 bits per heavy atom. The predicted molar refractivity (Wildman–Crippen MR) is 102 cm³/mol. The maximum absolute atomic E-state index is 12.4.